The maximum Gasteiger partial charge on any atom is 0.304 e. The topological polar surface area (TPSA) is 61.4 Å². The highest BCUT2D eigenvalue weighted by atomic mass is 16.6. The Bertz CT molecular complexity index is 680. The molecule has 4 rings (SSSR count). The molecule has 0 aromatic heterocycles. The quantitative estimate of drug-likeness (QED) is 0.347. The van der Waals surface area contributed by atoms with E-state index in [4.69, 9.17) is 11.2 Å². The van der Waals surface area contributed by atoms with E-state index >= 15 is 0 Å². The van der Waals surface area contributed by atoms with Gasteiger partial charge in [0.05, 0.1) is 0 Å². The van der Waals surface area contributed by atoms with Gasteiger partial charge in [0.25, 0.3) is 0 Å². The van der Waals surface area contributed by atoms with E-state index in [-0.39, 0.29) is 17.4 Å². The van der Waals surface area contributed by atoms with Crippen LogP contribution < -0.4 is 5.48 Å². The van der Waals surface area contributed by atoms with Gasteiger partial charge in [-0.1, -0.05) is 24.5 Å². The number of esters is 1. The standard InChI is InChI=1S/C23H32NO3/c1-4-22-12-10-19-18-9-7-17(24-26)14-16(18)6-8-20(19)21(22)11-13-23(22,5-2)27-15(3)25/h2,14,17-21,24H,4,6-13H2,1,3H3/q-1/t17?,18-,19+,20+,21-,22-,23-/m0/s1. The lowest BCUT2D eigenvalue weighted by Gasteiger charge is -2.56. The SMILES string of the molecule is C#C[C@]1(OC(C)=O)CC[C@H]2[C@@H]3CCC4=CC(N[O-])CC[C@@H]4[C@H]3CC[C@@]21CC. The molecule has 0 saturated heterocycles. The molecule has 4 heteroatoms. The normalized spacial score (nSPS) is 45.7. The summed E-state index contributed by atoms with van der Waals surface area (Å²) < 4.78 is 5.90. The number of hydrogen-bond donors (Lipinski definition) is 1. The summed E-state index contributed by atoms with van der Waals surface area (Å²) in [6.45, 7) is 3.72. The number of fused-ring (bicyclic) bond motifs is 5. The Morgan fingerprint density at radius 3 is 2.78 bits per heavy atom. The van der Waals surface area contributed by atoms with E-state index in [2.05, 4.69) is 24.4 Å². The first-order valence-corrected chi connectivity index (χ1v) is 10.8. The summed E-state index contributed by atoms with van der Waals surface area (Å²) in [6.07, 6.45) is 17.7. The van der Waals surface area contributed by atoms with Crippen molar-refractivity contribution in [3.05, 3.63) is 16.9 Å². The highest BCUT2D eigenvalue weighted by Crippen LogP contribution is 2.67. The van der Waals surface area contributed by atoms with Gasteiger partial charge in [0.2, 0.25) is 0 Å². The van der Waals surface area contributed by atoms with Crippen molar-refractivity contribution in [1.29, 1.82) is 0 Å². The number of carbonyl (C=O) groups excluding carboxylic acids is 1. The van der Waals surface area contributed by atoms with Crippen molar-refractivity contribution in [3.8, 4) is 12.3 Å². The molecule has 3 saturated carbocycles. The molecule has 0 heterocycles. The average molecular weight is 371 g/mol. The Labute approximate surface area is 163 Å². The van der Waals surface area contributed by atoms with Gasteiger partial charge in [-0.3, -0.25) is 4.79 Å². The van der Waals surface area contributed by atoms with Crippen molar-refractivity contribution in [3.63, 3.8) is 0 Å². The van der Waals surface area contributed by atoms with Gasteiger partial charge in [-0.05, 0) is 81.5 Å². The molecule has 0 spiro atoms. The molecule has 1 N–H and O–H groups in total. The Balaban J connectivity index is 1.64. The molecule has 0 aromatic rings. The lowest BCUT2D eigenvalue weighted by Crippen LogP contribution is -2.55. The van der Waals surface area contributed by atoms with E-state index in [1.165, 1.54) is 18.9 Å². The molecule has 0 radical (unpaired) electrons. The second-order valence-corrected chi connectivity index (χ2v) is 9.27. The number of rotatable bonds is 3. The summed E-state index contributed by atoms with van der Waals surface area (Å²) in [6, 6.07) is 0.00987. The number of hydroxylamine groups is 1. The highest BCUT2D eigenvalue weighted by molar-refractivity contribution is 5.67. The van der Waals surface area contributed by atoms with Crippen molar-refractivity contribution in [2.75, 3.05) is 0 Å². The fraction of sp³-hybridized carbons (Fsp3) is 0.783. The van der Waals surface area contributed by atoms with Crippen molar-refractivity contribution >= 4 is 5.97 Å². The van der Waals surface area contributed by atoms with Crippen LogP contribution in [0.5, 0.6) is 0 Å². The summed E-state index contributed by atoms with van der Waals surface area (Å²) in [5, 5.41) is 11.1. The van der Waals surface area contributed by atoms with Gasteiger partial charge >= 0.3 is 5.97 Å². The van der Waals surface area contributed by atoms with E-state index in [1.807, 2.05) is 0 Å². The smallest absolute Gasteiger partial charge is 0.304 e. The monoisotopic (exact) mass is 370 g/mol. The molecule has 3 fully saturated rings. The number of terminal acetylenes is 1. The van der Waals surface area contributed by atoms with Crippen molar-refractivity contribution in [1.82, 2.24) is 5.48 Å². The maximum absolute atomic E-state index is 11.9. The first-order chi connectivity index (χ1) is 13.0. The van der Waals surface area contributed by atoms with Crippen LogP contribution in [0.3, 0.4) is 0 Å². The molecular weight excluding hydrogens is 338 g/mol. The van der Waals surface area contributed by atoms with E-state index in [0.29, 0.717) is 23.7 Å². The zero-order chi connectivity index (χ0) is 19.2. The summed E-state index contributed by atoms with van der Waals surface area (Å²) in [4.78, 5) is 11.9. The average Bonchev–Trinajstić information content (AvgIpc) is 3.01. The van der Waals surface area contributed by atoms with E-state index in [1.54, 1.807) is 0 Å². The van der Waals surface area contributed by atoms with Crippen molar-refractivity contribution in [2.24, 2.45) is 29.1 Å². The van der Waals surface area contributed by atoms with Crippen LogP contribution in [-0.2, 0) is 9.53 Å². The minimum atomic E-state index is -0.719. The van der Waals surface area contributed by atoms with Gasteiger partial charge in [-0.25, -0.2) is 0 Å². The van der Waals surface area contributed by atoms with E-state index < -0.39 is 5.60 Å². The van der Waals surface area contributed by atoms with Gasteiger partial charge in [-0.2, -0.15) is 0 Å². The largest absolute Gasteiger partial charge is 0.787 e. The van der Waals surface area contributed by atoms with Crippen LogP contribution in [0.4, 0.5) is 0 Å². The van der Waals surface area contributed by atoms with Crippen LogP contribution in [0.25, 0.3) is 0 Å². The lowest BCUT2D eigenvalue weighted by molar-refractivity contribution is -0.170. The van der Waals surface area contributed by atoms with Crippen molar-refractivity contribution in [2.45, 2.75) is 83.3 Å². The van der Waals surface area contributed by atoms with Crippen LogP contribution in [0.15, 0.2) is 11.6 Å². The lowest BCUT2D eigenvalue weighted by atomic mass is 9.49. The van der Waals surface area contributed by atoms with Gasteiger partial charge in [-0.15, -0.1) is 6.42 Å². The Hall–Kier alpha value is -1.31. The number of allylic oxidation sites excluding steroid dienone is 1. The van der Waals surface area contributed by atoms with Gasteiger partial charge < -0.3 is 15.4 Å². The Morgan fingerprint density at radius 1 is 1.30 bits per heavy atom. The van der Waals surface area contributed by atoms with Crippen LogP contribution >= 0.6 is 0 Å². The molecule has 7 atom stereocenters. The van der Waals surface area contributed by atoms with Gasteiger partial charge in [0.15, 0.2) is 5.60 Å². The molecule has 0 amide bonds. The summed E-state index contributed by atoms with van der Waals surface area (Å²) >= 11 is 0. The van der Waals surface area contributed by atoms with Crippen LogP contribution in [0.2, 0.25) is 0 Å². The predicted molar refractivity (Wildman–Crippen MR) is 105 cm³/mol. The van der Waals surface area contributed by atoms with Crippen molar-refractivity contribution < 1.29 is 9.53 Å². The minimum Gasteiger partial charge on any atom is -0.787 e. The second kappa shape index (κ2) is 6.94. The molecular formula is C23H32NO3-. The number of ether oxygens (including phenoxy) is 1. The van der Waals surface area contributed by atoms with Crippen LogP contribution in [-0.4, -0.2) is 17.6 Å². The fourth-order valence-electron chi connectivity index (χ4n) is 7.61. The first-order valence-electron chi connectivity index (χ1n) is 10.8. The minimum absolute atomic E-state index is 0.00987. The zero-order valence-corrected chi connectivity index (χ0v) is 16.6. The first kappa shape index (κ1) is 19.0. The maximum atomic E-state index is 11.9. The molecule has 0 aromatic carbocycles. The van der Waals surface area contributed by atoms with Gasteiger partial charge in [0.1, 0.15) is 0 Å². The molecule has 4 aliphatic rings. The predicted octanol–water partition coefficient (Wildman–Crippen LogP) is 4.34. The Morgan fingerprint density at radius 2 is 2.11 bits per heavy atom. The number of hydrogen-bond acceptors (Lipinski definition) is 4. The Kier molecular flexibility index (Phi) is 4.89. The molecule has 0 bridgehead atoms. The van der Waals surface area contributed by atoms with Crippen LogP contribution in [0, 0.1) is 46.6 Å². The number of nitrogens with one attached hydrogen (secondary N) is 1. The van der Waals surface area contributed by atoms with E-state index in [0.717, 1.165) is 51.4 Å². The number of carbonyl (C=O) groups is 1. The molecule has 0 aliphatic heterocycles. The molecule has 1 unspecified atom stereocenters. The molecule has 27 heavy (non-hydrogen) atoms. The third kappa shape index (κ3) is 2.69. The van der Waals surface area contributed by atoms with Gasteiger partial charge in [0, 0.05) is 18.4 Å². The zero-order valence-electron chi connectivity index (χ0n) is 16.6. The fourth-order valence-corrected chi connectivity index (χ4v) is 7.61. The third-order valence-corrected chi connectivity index (χ3v) is 8.61. The van der Waals surface area contributed by atoms with Crippen LogP contribution in [0.1, 0.15) is 71.6 Å². The highest BCUT2D eigenvalue weighted by Gasteiger charge is 2.65. The summed E-state index contributed by atoms with van der Waals surface area (Å²) in [5.74, 6) is 5.28. The summed E-state index contributed by atoms with van der Waals surface area (Å²) in [5.41, 5.74) is 2.93. The molecule has 4 aliphatic carbocycles. The third-order valence-electron chi connectivity index (χ3n) is 8.61. The molecule has 4 nitrogen and oxygen atoms in total. The second-order valence-electron chi connectivity index (χ2n) is 9.27. The molecule has 148 valence electrons. The van der Waals surface area contributed by atoms with E-state index in [9.17, 15) is 10.0 Å². The summed E-state index contributed by atoms with van der Waals surface area (Å²) in [7, 11) is 0.